The van der Waals surface area contributed by atoms with Crippen LogP contribution >= 0.6 is 0 Å². The van der Waals surface area contributed by atoms with Gasteiger partial charge in [-0.05, 0) is 34.9 Å². The van der Waals surface area contributed by atoms with Gasteiger partial charge in [0.2, 0.25) is 10.0 Å². The average Bonchev–Trinajstić information content (AvgIpc) is 2.78. The lowest BCUT2D eigenvalue weighted by Crippen LogP contribution is -2.30. The van der Waals surface area contributed by atoms with Gasteiger partial charge >= 0.3 is 0 Å². The van der Waals surface area contributed by atoms with Crippen molar-refractivity contribution in [3.8, 4) is 0 Å². The van der Waals surface area contributed by atoms with Crippen molar-refractivity contribution in [1.29, 1.82) is 0 Å². The van der Waals surface area contributed by atoms with Crippen LogP contribution in [0.2, 0.25) is 0 Å². The minimum absolute atomic E-state index is 0.126. The van der Waals surface area contributed by atoms with Crippen LogP contribution in [-0.4, -0.2) is 23.8 Å². The highest BCUT2D eigenvalue weighted by molar-refractivity contribution is 7.89. The first kappa shape index (κ1) is 21.4. The second-order valence-corrected chi connectivity index (χ2v) is 8.56. The average molecular weight is 423 g/mol. The van der Waals surface area contributed by atoms with E-state index in [2.05, 4.69) is 0 Å². The summed E-state index contributed by atoms with van der Waals surface area (Å²) in [4.78, 5) is 11.3. The third-order valence-corrected chi connectivity index (χ3v) is 6.22. The zero-order valence-electron chi connectivity index (χ0n) is 16.2. The highest BCUT2D eigenvalue weighted by atomic mass is 32.2. The van der Waals surface area contributed by atoms with Gasteiger partial charge in [0, 0.05) is 19.2 Å². The predicted octanol–water partition coefficient (Wildman–Crippen LogP) is 3.60. The van der Waals surface area contributed by atoms with Gasteiger partial charge in [-0.2, -0.15) is 4.31 Å². The molecule has 3 aromatic carbocycles. The van der Waals surface area contributed by atoms with Gasteiger partial charge in [-0.15, -0.1) is 0 Å². The molecule has 3 rings (SSSR count). The lowest BCUT2D eigenvalue weighted by Gasteiger charge is -2.23. The fraction of sp³-hybridized carbons (Fsp3) is 0.0870. The van der Waals surface area contributed by atoms with Crippen LogP contribution in [0.25, 0.3) is 6.08 Å². The van der Waals surface area contributed by atoms with E-state index >= 15 is 0 Å². The molecule has 0 aliphatic heterocycles. The molecule has 0 bridgehead atoms. The van der Waals surface area contributed by atoms with Crippen molar-refractivity contribution >= 4 is 22.0 Å². The standard InChI is InChI=1S/C23H22N2O4S/c26-23(24-27)15-14-19-12-7-13-22(16-19)30(28,29)25(17-20-8-3-1-4-9-20)18-21-10-5-2-6-11-21/h1-16,27H,17-18H2,(H,24,26)/b15-14+. The van der Waals surface area contributed by atoms with Gasteiger partial charge in [-0.25, -0.2) is 13.9 Å². The minimum Gasteiger partial charge on any atom is -0.288 e. The molecule has 0 spiro atoms. The highest BCUT2D eigenvalue weighted by Gasteiger charge is 2.25. The molecule has 2 N–H and O–H groups in total. The van der Waals surface area contributed by atoms with E-state index in [4.69, 9.17) is 5.21 Å². The van der Waals surface area contributed by atoms with Crippen molar-refractivity contribution in [2.45, 2.75) is 18.0 Å². The number of nitrogens with zero attached hydrogens (tertiary/aromatic N) is 1. The Morgan fingerprint density at radius 2 is 1.43 bits per heavy atom. The summed E-state index contributed by atoms with van der Waals surface area (Å²) in [6.45, 7) is 0.454. The van der Waals surface area contributed by atoms with Gasteiger partial charge in [0.05, 0.1) is 4.90 Å². The van der Waals surface area contributed by atoms with E-state index in [1.807, 2.05) is 60.7 Å². The molecule has 6 nitrogen and oxygen atoms in total. The van der Waals surface area contributed by atoms with E-state index in [0.717, 1.165) is 17.2 Å². The van der Waals surface area contributed by atoms with Crippen LogP contribution in [0.4, 0.5) is 0 Å². The number of carbonyl (C=O) groups is 1. The Morgan fingerprint density at radius 1 is 0.867 bits per heavy atom. The lowest BCUT2D eigenvalue weighted by molar-refractivity contribution is -0.124. The van der Waals surface area contributed by atoms with E-state index in [1.165, 1.54) is 28.0 Å². The molecule has 154 valence electrons. The Bertz CT molecular complexity index is 1070. The molecule has 1 amide bonds. The number of nitrogens with one attached hydrogen (secondary N) is 1. The van der Waals surface area contributed by atoms with Gasteiger partial charge in [0.25, 0.3) is 5.91 Å². The second-order valence-electron chi connectivity index (χ2n) is 6.63. The summed E-state index contributed by atoms with van der Waals surface area (Å²) >= 11 is 0. The molecule has 0 unspecified atom stereocenters. The summed E-state index contributed by atoms with van der Waals surface area (Å²) in [5.41, 5.74) is 3.79. The summed E-state index contributed by atoms with van der Waals surface area (Å²) in [7, 11) is -3.81. The molecule has 0 radical (unpaired) electrons. The maximum atomic E-state index is 13.5. The SMILES string of the molecule is O=C(/C=C/c1cccc(S(=O)(=O)N(Cc2ccccc2)Cc2ccccc2)c1)NO. The molecule has 3 aromatic rings. The molecule has 0 atom stereocenters. The van der Waals surface area contributed by atoms with Crippen LogP contribution in [0.5, 0.6) is 0 Å². The zero-order valence-corrected chi connectivity index (χ0v) is 17.0. The fourth-order valence-electron chi connectivity index (χ4n) is 2.94. The summed E-state index contributed by atoms with van der Waals surface area (Å²) in [5, 5.41) is 8.60. The number of benzene rings is 3. The predicted molar refractivity (Wildman–Crippen MR) is 115 cm³/mol. The molecule has 0 saturated carbocycles. The number of hydrogen-bond acceptors (Lipinski definition) is 4. The normalized spacial score (nSPS) is 11.7. The molecular formula is C23H22N2O4S. The minimum atomic E-state index is -3.81. The first-order valence-corrected chi connectivity index (χ1v) is 10.7. The van der Waals surface area contributed by atoms with Gasteiger partial charge in [0.15, 0.2) is 0 Å². The number of carbonyl (C=O) groups excluding carboxylic acids is 1. The Hall–Kier alpha value is -3.26. The molecule has 0 aliphatic carbocycles. The number of hydrogen-bond donors (Lipinski definition) is 2. The van der Waals surface area contributed by atoms with Crippen molar-refractivity contribution in [2.75, 3.05) is 0 Å². The maximum Gasteiger partial charge on any atom is 0.267 e. The summed E-state index contributed by atoms with van der Waals surface area (Å²) < 4.78 is 28.4. The van der Waals surface area contributed by atoms with E-state index in [-0.39, 0.29) is 18.0 Å². The Kier molecular flexibility index (Phi) is 7.13. The van der Waals surface area contributed by atoms with Crippen molar-refractivity contribution in [1.82, 2.24) is 9.79 Å². The van der Waals surface area contributed by atoms with E-state index in [9.17, 15) is 13.2 Å². The maximum absolute atomic E-state index is 13.5. The summed E-state index contributed by atoms with van der Waals surface area (Å²) in [6, 6.07) is 25.2. The Balaban J connectivity index is 1.94. The Labute approximate surface area is 176 Å². The summed E-state index contributed by atoms with van der Waals surface area (Å²) in [6.07, 6.45) is 2.56. The molecule has 0 saturated heterocycles. The number of sulfonamides is 1. The van der Waals surface area contributed by atoms with Gasteiger partial charge in [-0.1, -0.05) is 72.8 Å². The largest absolute Gasteiger partial charge is 0.288 e. The quantitative estimate of drug-likeness (QED) is 0.330. The summed E-state index contributed by atoms with van der Waals surface area (Å²) in [5.74, 6) is -0.696. The van der Waals surface area contributed by atoms with Crippen LogP contribution in [0, 0.1) is 0 Å². The smallest absolute Gasteiger partial charge is 0.267 e. The number of amides is 1. The van der Waals surface area contributed by atoms with Crippen molar-refractivity contribution in [3.63, 3.8) is 0 Å². The number of hydroxylamine groups is 1. The molecule has 0 fully saturated rings. The van der Waals surface area contributed by atoms with E-state index < -0.39 is 15.9 Å². The second kappa shape index (κ2) is 9.98. The topological polar surface area (TPSA) is 86.7 Å². The molecule has 30 heavy (non-hydrogen) atoms. The van der Waals surface area contributed by atoms with Crippen molar-refractivity contribution < 1.29 is 18.4 Å². The van der Waals surface area contributed by atoms with E-state index in [1.54, 1.807) is 12.1 Å². The first-order valence-electron chi connectivity index (χ1n) is 9.29. The monoisotopic (exact) mass is 422 g/mol. The third kappa shape index (κ3) is 5.64. The van der Waals surface area contributed by atoms with Crippen LogP contribution in [0.1, 0.15) is 16.7 Å². The van der Waals surface area contributed by atoms with Crippen LogP contribution < -0.4 is 5.48 Å². The van der Waals surface area contributed by atoms with Crippen LogP contribution in [0.15, 0.2) is 95.9 Å². The van der Waals surface area contributed by atoms with Gasteiger partial charge in [0.1, 0.15) is 0 Å². The molecular weight excluding hydrogens is 400 g/mol. The molecule has 7 heteroatoms. The Morgan fingerprint density at radius 3 is 1.97 bits per heavy atom. The van der Waals surface area contributed by atoms with E-state index in [0.29, 0.717) is 5.56 Å². The highest BCUT2D eigenvalue weighted by Crippen LogP contribution is 2.22. The number of rotatable bonds is 8. The third-order valence-electron chi connectivity index (χ3n) is 4.44. The van der Waals surface area contributed by atoms with Crippen molar-refractivity contribution in [2.24, 2.45) is 0 Å². The first-order chi connectivity index (χ1) is 14.5. The van der Waals surface area contributed by atoms with Crippen molar-refractivity contribution in [3.05, 3.63) is 108 Å². The molecule has 0 aliphatic rings. The van der Waals surface area contributed by atoms with Crippen LogP contribution in [0.3, 0.4) is 0 Å². The zero-order chi connectivity index (χ0) is 21.4. The molecule has 0 heterocycles. The van der Waals surface area contributed by atoms with Gasteiger partial charge < -0.3 is 0 Å². The fourth-order valence-corrected chi connectivity index (χ4v) is 4.41. The lowest BCUT2D eigenvalue weighted by atomic mass is 10.2. The molecule has 0 aromatic heterocycles. The van der Waals surface area contributed by atoms with Gasteiger partial charge in [-0.3, -0.25) is 10.0 Å². The van der Waals surface area contributed by atoms with Crippen LogP contribution in [-0.2, 0) is 27.9 Å².